The lowest BCUT2D eigenvalue weighted by atomic mass is 10.1. The molecule has 16 heavy (non-hydrogen) atoms. The Balaban J connectivity index is 3.46. The molecule has 0 saturated carbocycles. The fourth-order valence-corrected chi connectivity index (χ4v) is 2.76. The monoisotopic (exact) mass is 254 g/mol. The number of thioether (sulfide) groups is 2. The molecule has 0 spiro atoms. The zero-order valence-electron chi connectivity index (χ0n) is 9.79. The van der Waals surface area contributed by atoms with Crippen molar-refractivity contribution in [2.24, 2.45) is 0 Å². The fourth-order valence-electron chi connectivity index (χ4n) is 1.45. The molecule has 0 aliphatic carbocycles. The summed E-state index contributed by atoms with van der Waals surface area (Å²) in [7, 11) is 0. The third-order valence-corrected chi connectivity index (χ3v) is 3.84. The summed E-state index contributed by atoms with van der Waals surface area (Å²) in [5.41, 5.74) is 1.39. The van der Waals surface area contributed by atoms with Crippen molar-refractivity contribution >= 4 is 35.1 Å². The number of benzene rings is 1. The quantitative estimate of drug-likeness (QED) is 0.608. The minimum atomic E-state index is 0.0368. The van der Waals surface area contributed by atoms with Crippen molar-refractivity contribution < 1.29 is 9.59 Å². The molecular weight excluding hydrogens is 240 g/mol. The summed E-state index contributed by atoms with van der Waals surface area (Å²) < 4.78 is 0. The van der Waals surface area contributed by atoms with E-state index in [2.05, 4.69) is 0 Å². The number of hydrogen-bond acceptors (Lipinski definition) is 4. The van der Waals surface area contributed by atoms with Gasteiger partial charge in [0.25, 0.3) is 0 Å². The number of hydrogen-bond donors (Lipinski definition) is 0. The van der Waals surface area contributed by atoms with Gasteiger partial charge in [0, 0.05) is 20.9 Å². The van der Waals surface area contributed by atoms with Crippen LogP contribution < -0.4 is 0 Å². The van der Waals surface area contributed by atoms with Crippen molar-refractivity contribution in [2.75, 3.05) is 12.5 Å². The average molecular weight is 254 g/mol. The molecule has 1 rings (SSSR count). The van der Waals surface area contributed by atoms with Crippen molar-refractivity contribution in [1.29, 1.82) is 0 Å². The Bertz CT molecular complexity index is 397. The Morgan fingerprint density at radius 3 is 1.38 bits per heavy atom. The van der Waals surface area contributed by atoms with Crippen LogP contribution in [-0.2, 0) is 0 Å². The molecule has 0 N–H and O–H groups in total. The highest BCUT2D eigenvalue weighted by atomic mass is 32.2. The molecule has 0 amide bonds. The van der Waals surface area contributed by atoms with Crippen LogP contribution in [0, 0.1) is 0 Å². The van der Waals surface area contributed by atoms with Gasteiger partial charge in [-0.1, -0.05) is 0 Å². The van der Waals surface area contributed by atoms with Crippen molar-refractivity contribution in [3.8, 4) is 0 Å². The summed E-state index contributed by atoms with van der Waals surface area (Å²) in [4.78, 5) is 24.7. The average Bonchev–Trinajstić information content (AvgIpc) is 2.26. The van der Waals surface area contributed by atoms with E-state index in [-0.39, 0.29) is 11.6 Å². The van der Waals surface area contributed by atoms with E-state index < -0.39 is 0 Å². The van der Waals surface area contributed by atoms with Gasteiger partial charge in [0.1, 0.15) is 0 Å². The lowest BCUT2D eigenvalue weighted by Gasteiger charge is -2.10. The van der Waals surface area contributed by atoms with Gasteiger partial charge in [-0.2, -0.15) is 0 Å². The molecule has 4 heteroatoms. The summed E-state index contributed by atoms with van der Waals surface area (Å²) in [6.07, 6.45) is 3.81. The Kier molecular flexibility index (Phi) is 4.62. The first-order valence-electron chi connectivity index (χ1n) is 4.79. The summed E-state index contributed by atoms with van der Waals surface area (Å²) in [5, 5.41) is 0. The highest BCUT2D eigenvalue weighted by molar-refractivity contribution is 7.99. The molecule has 1 aromatic carbocycles. The van der Waals surface area contributed by atoms with Crippen molar-refractivity contribution in [2.45, 2.75) is 23.6 Å². The second kappa shape index (κ2) is 5.55. The van der Waals surface area contributed by atoms with Gasteiger partial charge in [0.15, 0.2) is 11.6 Å². The van der Waals surface area contributed by atoms with Gasteiger partial charge >= 0.3 is 0 Å². The molecule has 0 aliphatic rings. The predicted octanol–water partition coefficient (Wildman–Crippen LogP) is 3.54. The minimum Gasteiger partial charge on any atom is -0.294 e. The van der Waals surface area contributed by atoms with E-state index >= 15 is 0 Å². The summed E-state index contributed by atoms with van der Waals surface area (Å²) >= 11 is 2.98. The third kappa shape index (κ3) is 2.68. The molecule has 0 saturated heterocycles. The first kappa shape index (κ1) is 13.3. The third-order valence-electron chi connectivity index (χ3n) is 2.28. The van der Waals surface area contributed by atoms with Crippen LogP contribution in [0.5, 0.6) is 0 Å². The zero-order chi connectivity index (χ0) is 12.3. The molecule has 86 valence electrons. The van der Waals surface area contributed by atoms with E-state index in [1.54, 1.807) is 13.8 Å². The van der Waals surface area contributed by atoms with Crippen LogP contribution in [0.2, 0.25) is 0 Å². The van der Waals surface area contributed by atoms with Gasteiger partial charge < -0.3 is 0 Å². The van der Waals surface area contributed by atoms with Gasteiger partial charge in [-0.25, -0.2) is 0 Å². The minimum absolute atomic E-state index is 0.0368. The van der Waals surface area contributed by atoms with Crippen molar-refractivity contribution in [1.82, 2.24) is 0 Å². The Morgan fingerprint density at radius 2 is 1.19 bits per heavy atom. The molecule has 0 radical (unpaired) electrons. The molecule has 0 atom stereocenters. The topological polar surface area (TPSA) is 34.1 Å². The maximum atomic E-state index is 11.5. The Morgan fingerprint density at radius 1 is 0.875 bits per heavy atom. The first-order chi connectivity index (χ1) is 7.51. The second-order valence-corrected chi connectivity index (χ2v) is 5.06. The maximum absolute atomic E-state index is 11.5. The zero-order valence-corrected chi connectivity index (χ0v) is 11.4. The highest BCUT2D eigenvalue weighted by Crippen LogP contribution is 2.30. The van der Waals surface area contributed by atoms with Crippen LogP contribution in [0.25, 0.3) is 0 Å². The van der Waals surface area contributed by atoms with E-state index in [1.807, 2.05) is 24.6 Å². The van der Waals surface area contributed by atoms with Crippen LogP contribution in [0.15, 0.2) is 21.9 Å². The van der Waals surface area contributed by atoms with Crippen LogP contribution >= 0.6 is 23.5 Å². The van der Waals surface area contributed by atoms with Gasteiger partial charge in [-0.15, -0.1) is 23.5 Å². The second-order valence-electron chi connectivity index (χ2n) is 3.37. The lowest BCUT2D eigenvalue weighted by Crippen LogP contribution is -2.02. The Labute approximate surface area is 104 Å². The van der Waals surface area contributed by atoms with E-state index in [4.69, 9.17) is 0 Å². The molecule has 1 aromatic rings. The number of Topliss-reactive ketones (excluding diaryl/α,β-unsaturated/α-hetero) is 2. The molecule has 0 fully saturated rings. The molecule has 0 unspecified atom stereocenters. The highest BCUT2D eigenvalue weighted by Gasteiger charge is 2.14. The lowest BCUT2D eigenvalue weighted by molar-refractivity contribution is 0.0997. The van der Waals surface area contributed by atoms with Gasteiger partial charge in [-0.05, 0) is 38.5 Å². The Hall–Kier alpha value is -0.740. The van der Waals surface area contributed by atoms with Crippen LogP contribution in [0.4, 0.5) is 0 Å². The van der Waals surface area contributed by atoms with Crippen LogP contribution in [-0.4, -0.2) is 24.1 Å². The summed E-state index contributed by atoms with van der Waals surface area (Å²) in [6, 6.07) is 3.63. The first-order valence-corrected chi connectivity index (χ1v) is 7.24. The molecule has 2 nitrogen and oxygen atoms in total. The molecule has 0 heterocycles. The van der Waals surface area contributed by atoms with Gasteiger partial charge in [0.05, 0.1) is 0 Å². The number of rotatable bonds is 4. The normalized spacial score (nSPS) is 10.2. The smallest absolute Gasteiger partial charge is 0.160 e. The summed E-state index contributed by atoms with van der Waals surface area (Å²) in [6.45, 7) is 3.10. The van der Waals surface area contributed by atoms with E-state index in [1.165, 1.54) is 23.5 Å². The van der Waals surface area contributed by atoms with Crippen LogP contribution in [0.3, 0.4) is 0 Å². The predicted molar refractivity (Wildman–Crippen MR) is 70.0 cm³/mol. The standard InChI is InChI=1S/C12H14O2S2/c1-7(13)9-5-12(16-4)10(8(2)14)6-11(9)15-3/h5-6H,1-4H3. The van der Waals surface area contributed by atoms with E-state index in [0.29, 0.717) is 11.1 Å². The van der Waals surface area contributed by atoms with Crippen LogP contribution in [0.1, 0.15) is 34.6 Å². The molecule has 0 aliphatic heterocycles. The molecular formula is C12H14O2S2. The maximum Gasteiger partial charge on any atom is 0.160 e. The fraction of sp³-hybridized carbons (Fsp3) is 0.333. The number of carbonyl (C=O) groups excluding carboxylic acids is 2. The van der Waals surface area contributed by atoms with Gasteiger partial charge in [-0.3, -0.25) is 9.59 Å². The number of ketones is 2. The summed E-state index contributed by atoms with van der Waals surface area (Å²) in [5.74, 6) is 0.0736. The van der Waals surface area contributed by atoms with Crippen molar-refractivity contribution in [3.63, 3.8) is 0 Å². The molecule has 0 aromatic heterocycles. The number of carbonyl (C=O) groups is 2. The van der Waals surface area contributed by atoms with E-state index in [0.717, 1.165) is 9.79 Å². The largest absolute Gasteiger partial charge is 0.294 e. The SMILES string of the molecule is CSc1cc(C(C)=O)c(SC)cc1C(C)=O. The molecule has 0 bridgehead atoms. The van der Waals surface area contributed by atoms with E-state index in [9.17, 15) is 9.59 Å². The van der Waals surface area contributed by atoms with Gasteiger partial charge in [0.2, 0.25) is 0 Å². The van der Waals surface area contributed by atoms with Crippen molar-refractivity contribution in [3.05, 3.63) is 23.3 Å².